The lowest BCUT2D eigenvalue weighted by Crippen LogP contribution is -2.34. The van der Waals surface area contributed by atoms with Crippen molar-refractivity contribution in [1.29, 1.82) is 5.26 Å². The summed E-state index contributed by atoms with van der Waals surface area (Å²) in [5, 5.41) is 10.2. The van der Waals surface area contributed by atoms with Gasteiger partial charge in [-0.15, -0.1) is 11.8 Å². The van der Waals surface area contributed by atoms with Crippen LogP contribution in [0.5, 0.6) is 0 Å². The number of hydrogen-bond acceptors (Lipinski definition) is 3. The second kappa shape index (κ2) is 6.91. The van der Waals surface area contributed by atoms with Gasteiger partial charge >= 0.3 is 12.4 Å². The normalized spacial score (nSPS) is 11.9. The largest absolute Gasteiger partial charge is 0.417 e. The predicted molar refractivity (Wildman–Crippen MR) is 65.9 cm³/mol. The van der Waals surface area contributed by atoms with Crippen molar-refractivity contribution in [1.82, 2.24) is 5.32 Å². The van der Waals surface area contributed by atoms with Crippen molar-refractivity contribution in [2.75, 3.05) is 12.3 Å². The van der Waals surface area contributed by atoms with Gasteiger partial charge in [-0.3, -0.25) is 4.79 Å². The fourth-order valence-corrected chi connectivity index (χ4v) is 2.11. The van der Waals surface area contributed by atoms with Crippen LogP contribution in [-0.4, -0.2) is 24.4 Å². The van der Waals surface area contributed by atoms with Gasteiger partial charge in [0.15, 0.2) is 0 Å². The Kier molecular flexibility index (Phi) is 5.71. The second-order valence-corrected chi connectivity index (χ2v) is 5.05. The molecule has 0 aromatic heterocycles. The summed E-state index contributed by atoms with van der Waals surface area (Å²) in [5.41, 5.74) is -1.73. The van der Waals surface area contributed by atoms with Crippen LogP contribution in [0.1, 0.15) is 11.1 Å². The average Bonchev–Trinajstić information content (AvgIpc) is 2.40. The van der Waals surface area contributed by atoms with Gasteiger partial charge < -0.3 is 5.32 Å². The van der Waals surface area contributed by atoms with E-state index in [-0.39, 0.29) is 4.90 Å². The van der Waals surface area contributed by atoms with Crippen molar-refractivity contribution in [2.24, 2.45) is 0 Å². The molecule has 1 N–H and O–H groups in total. The minimum absolute atomic E-state index is 0.0217. The molecule has 1 rings (SSSR count). The van der Waals surface area contributed by atoms with Gasteiger partial charge in [-0.05, 0) is 18.2 Å². The molecule has 0 radical (unpaired) electrons. The van der Waals surface area contributed by atoms with Crippen LogP contribution in [0.25, 0.3) is 0 Å². The zero-order chi connectivity index (χ0) is 17.0. The van der Waals surface area contributed by atoms with Crippen LogP contribution in [0, 0.1) is 11.3 Å². The molecule has 0 saturated carbocycles. The zero-order valence-corrected chi connectivity index (χ0v) is 11.5. The lowest BCUT2D eigenvalue weighted by molar-refractivity contribution is -0.138. The first-order valence-corrected chi connectivity index (χ1v) is 6.59. The highest BCUT2D eigenvalue weighted by Crippen LogP contribution is 2.34. The van der Waals surface area contributed by atoms with Crippen molar-refractivity contribution in [3.8, 4) is 6.07 Å². The van der Waals surface area contributed by atoms with E-state index in [1.165, 1.54) is 12.1 Å². The quantitative estimate of drug-likeness (QED) is 0.674. The minimum Gasteiger partial charge on any atom is -0.346 e. The molecule has 3 nitrogen and oxygen atoms in total. The summed E-state index contributed by atoms with van der Waals surface area (Å²) in [6.07, 6.45) is -9.29. The number of carbonyl (C=O) groups excluding carboxylic acids is 1. The van der Waals surface area contributed by atoms with Crippen LogP contribution in [0.4, 0.5) is 26.3 Å². The van der Waals surface area contributed by atoms with Crippen molar-refractivity contribution in [2.45, 2.75) is 17.2 Å². The van der Waals surface area contributed by atoms with Gasteiger partial charge in [0.05, 0.1) is 22.9 Å². The monoisotopic (exact) mass is 342 g/mol. The van der Waals surface area contributed by atoms with Gasteiger partial charge in [0.2, 0.25) is 5.91 Å². The molecule has 1 aromatic carbocycles. The molecular formula is C12H8F6N2OS. The lowest BCUT2D eigenvalue weighted by atomic mass is 10.1. The van der Waals surface area contributed by atoms with Crippen molar-refractivity contribution < 1.29 is 31.1 Å². The third kappa shape index (κ3) is 5.85. The molecule has 1 amide bonds. The van der Waals surface area contributed by atoms with Crippen LogP contribution >= 0.6 is 11.8 Å². The molecule has 0 unspecified atom stereocenters. The number of benzene rings is 1. The number of rotatable bonds is 4. The Hall–Kier alpha value is -1.89. The number of nitrogens with zero attached hydrogens (tertiary/aromatic N) is 1. The molecule has 0 heterocycles. The Morgan fingerprint density at radius 2 is 1.86 bits per heavy atom. The van der Waals surface area contributed by atoms with Gasteiger partial charge in [0.1, 0.15) is 6.54 Å². The molecule has 0 aliphatic rings. The topological polar surface area (TPSA) is 52.9 Å². The third-order valence-corrected chi connectivity index (χ3v) is 3.27. The lowest BCUT2D eigenvalue weighted by Gasteiger charge is -2.11. The number of nitriles is 1. The fourth-order valence-electron chi connectivity index (χ4n) is 1.34. The number of carbonyl (C=O) groups is 1. The van der Waals surface area contributed by atoms with Gasteiger partial charge in [-0.2, -0.15) is 31.6 Å². The molecule has 0 spiro atoms. The van der Waals surface area contributed by atoms with E-state index in [4.69, 9.17) is 5.26 Å². The first-order valence-electron chi connectivity index (χ1n) is 5.60. The van der Waals surface area contributed by atoms with E-state index in [1.807, 2.05) is 0 Å². The van der Waals surface area contributed by atoms with Crippen LogP contribution in [0.2, 0.25) is 0 Å². The summed E-state index contributed by atoms with van der Waals surface area (Å²) in [6, 6.07) is 4.21. The van der Waals surface area contributed by atoms with Crippen molar-refractivity contribution in [3.63, 3.8) is 0 Å². The average molecular weight is 342 g/mol. The summed E-state index contributed by atoms with van der Waals surface area (Å²) in [7, 11) is 0. The number of thioether (sulfide) groups is 1. The Morgan fingerprint density at radius 3 is 2.36 bits per heavy atom. The van der Waals surface area contributed by atoms with Gasteiger partial charge in [0, 0.05) is 4.90 Å². The van der Waals surface area contributed by atoms with E-state index >= 15 is 0 Å². The third-order valence-electron chi connectivity index (χ3n) is 2.27. The molecule has 10 heteroatoms. The van der Waals surface area contributed by atoms with Crippen molar-refractivity contribution >= 4 is 17.7 Å². The molecular weight excluding hydrogens is 334 g/mol. The molecule has 0 aliphatic carbocycles. The Balaban J connectivity index is 2.72. The van der Waals surface area contributed by atoms with E-state index in [0.29, 0.717) is 17.8 Å². The Labute approximate surface area is 125 Å². The molecule has 1 aromatic rings. The maximum absolute atomic E-state index is 12.7. The summed E-state index contributed by atoms with van der Waals surface area (Å²) < 4.78 is 73.7. The fraction of sp³-hybridized carbons (Fsp3) is 0.333. The highest BCUT2D eigenvalue weighted by Gasteiger charge is 2.34. The predicted octanol–water partition coefficient (Wildman–Crippen LogP) is 3.35. The van der Waals surface area contributed by atoms with Crippen LogP contribution in [0.3, 0.4) is 0 Å². The number of hydrogen-bond donors (Lipinski definition) is 1. The first kappa shape index (κ1) is 18.2. The van der Waals surface area contributed by atoms with Gasteiger partial charge in [0.25, 0.3) is 0 Å². The van der Waals surface area contributed by atoms with Gasteiger partial charge in [-0.25, -0.2) is 0 Å². The standard InChI is InChI=1S/C12H8F6N2OS/c13-11(14,15)6-20-10(21)5-22-8-2-1-7(4-19)9(3-8)12(16,17)18/h1-3H,5-6H2,(H,20,21). The summed E-state index contributed by atoms with van der Waals surface area (Å²) >= 11 is 0.640. The second-order valence-electron chi connectivity index (χ2n) is 4.00. The summed E-state index contributed by atoms with van der Waals surface area (Å²) in [4.78, 5) is 11.2. The summed E-state index contributed by atoms with van der Waals surface area (Å²) in [5.74, 6) is -1.43. The van der Waals surface area contributed by atoms with Crippen LogP contribution < -0.4 is 5.32 Å². The number of alkyl halides is 6. The van der Waals surface area contributed by atoms with Crippen LogP contribution in [-0.2, 0) is 11.0 Å². The van der Waals surface area contributed by atoms with Gasteiger partial charge in [-0.1, -0.05) is 0 Å². The Bertz CT molecular complexity index is 591. The van der Waals surface area contributed by atoms with E-state index in [0.717, 1.165) is 6.07 Å². The smallest absolute Gasteiger partial charge is 0.346 e. The van der Waals surface area contributed by atoms with Crippen LogP contribution in [0.15, 0.2) is 23.1 Å². The molecule has 0 bridgehead atoms. The SMILES string of the molecule is N#Cc1ccc(SCC(=O)NCC(F)(F)F)cc1C(F)(F)F. The number of halogens is 6. The molecule has 0 fully saturated rings. The summed E-state index contributed by atoms with van der Waals surface area (Å²) in [6.45, 7) is -1.51. The van der Waals surface area contributed by atoms with E-state index < -0.39 is 41.7 Å². The highest BCUT2D eigenvalue weighted by atomic mass is 32.2. The highest BCUT2D eigenvalue weighted by molar-refractivity contribution is 8.00. The number of nitrogens with one attached hydrogen (secondary N) is 1. The van der Waals surface area contributed by atoms with E-state index in [2.05, 4.69) is 0 Å². The minimum atomic E-state index is -4.74. The molecule has 0 aliphatic heterocycles. The maximum Gasteiger partial charge on any atom is 0.417 e. The van der Waals surface area contributed by atoms with E-state index in [9.17, 15) is 31.1 Å². The van der Waals surface area contributed by atoms with E-state index in [1.54, 1.807) is 5.32 Å². The Morgan fingerprint density at radius 1 is 1.23 bits per heavy atom. The first-order chi connectivity index (χ1) is 10.0. The molecule has 0 saturated heterocycles. The molecule has 120 valence electrons. The zero-order valence-electron chi connectivity index (χ0n) is 10.7. The molecule has 22 heavy (non-hydrogen) atoms. The maximum atomic E-state index is 12.7. The number of amides is 1. The molecule has 0 atom stereocenters. The van der Waals surface area contributed by atoms with Crippen molar-refractivity contribution in [3.05, 3.63) is 29.3 Å².